The fraction of sp³-hybridized carbons (Fsp3) is 0.0667. The van der Waals surface area contributed by atoms with Gasteiger partial charge in [-0.05, 0) is 72.3 Å². The third kappa shape index (κ3) is 8.27. The van der Waals surface area contributed by atoms with Crippen LogP contribution in [0.15, 0.2) is 200 Å². The van der Waals surface area contributed by atoms with Gasteiger partial charge in [-0.2, -0.15) is 0 Å². The van der Waals surface area contributed by atoms with Crippen LogP contribution < -0.4 is 31.8 Å². The lowest BCUT2D eigenvalue weighted by Crippen LogP contribution is -2.15. The summed E-state index contributed by atoms with van der Waals surface area (Å²) in [6, 6.07) is 74.4. The Bertz CT molecular complexity index is 1620. The van der Waals surface area contributed by atoms with Gasteiger partial charge in [-0.1, -0.05) is 200 Å². The van der Waals surface area contributed by atoms with Gasteiger partial charge in [0.05, 0.1) is 0 Å². The predicted octanol–water partition coefficient (Wildman–Crippen LogP) is 9.59. The molecule has 0 aromatic heterocycles. The zero-order valence-electron chi connectivity index (χ0n) is 27.0. The Kier molecular flexibility index (Phi) is 11.0. The first-order valence-electron chi connectivity index (χ1n) is 16.5. The zero-order chi connectivity index (χ0) is 32.4. The fourth-order valence-electron chi connectivity index (χ4n) is 6.30. The van der Waals surface area contributed by atoms with Crippen molar-refractivity contribution in [2.45, 2.75) is 18.5 Å². The highest BCUT2D eigenvalue weighted by Gasteiger charge is 2.20. The maximum Gasteiger partial charge on any atom is 0.000764 e. The van der Waals surface area contributed by atoms with Crippen molar-refractivity contribution < 1.29 is 0 Å². The van der Waals surface area contributed by atoms with Crippen LogP contribution in [0.1, 0.15) is 16.7 Å². The fourth-order valence-corrected chi connectivity index (χ4v) is 13.1. The second kappa shape index (κ2) is 16.3. The molecule has 0 bridgehead atoms. The molecule has 0 N–H and O–H groups in total. The van der Waals surface area contributed by atoms with Crippen LogP contribution in [0.25, 0.3) is 0 Å². The highest BCUT2D eigenvalue weighted by atomic mass is 31.1. The molecule has 48 heavy (non-hydrogen) atoms. The van der Waals surface area contributed by atoms with Gasteiger partial charge in [-0.25, -0.2) is 0 Å². The summed E-state index contributed by atoms with van der Waals surface area (Å²) < 4.78 is 0. The molecule has 0 heterocycles. The van der Waals surface area contributed by atoms with Crippen LogP contribution in [0.3, 0.4) is 0 Å². The summed E-state index contributed by atoms with van der Waals surface area (Å²) in [7, 11) is -1.67. The van der Waals surface area contributed by atoms with Crippen molar-refractivity contribution in [2.75, 3.05) is 0 Å². The Balaban J connectivity index is 1.32. The molecule has 0 atom stereocenters. The molecule has 0 radical (unpaired) electrons. The minimum atomic E-state index is -0.557. The lowest BCUT2D eigenvalue weighted by Gasteiger charge is -2.24. The second-order valence-electron chi connectivity index (χ2n) is 11.9. The molecule has 0 spiro atoms. The SMILES string of the molecule is c1ccc(P(Cc2cc(CP(c3ccccc3)c3ccccc3)cc(CP(c3ccccc3)c3ccccc3)c2)c2ccccc2)cc1. The first-order chi connectivity index (χ1) is 23.8. The van der Waals surface area contributed by atoms with E-state index >= 15 is 0 Å². The van der Waals surface area contributed by atoms with Crippen molar-refractivity contribution >= 4 is 55.6 Å². The van der Waals surface area contributed by atoms with Gasteiger partial charge in [-0.15, -0.1) is 0 Å². The molecular formula is C45H39P3. The van der Waals surface area contributed by atoms with E-state index in [0.717, 1.165) is 18.5 Å². The maximum absolute atomic E-state index is 2.53. The number of hydrogen-bond acceptors (Lipinski definition) is 0. The first kappa shape index (κ1) is 32.4. The molecule has 7 rings (SSSR count). The highest BCUT2D eigenvalue weighted by Crippen LogP contribution is 2.43. The first-order valence-corrected chi connectivity index (χ1v) is 21.1. The quantitative estimate of drug-likeness (QED) is 0.114. The predicted molar refractivity (Wildman–Crippen MR) is 215 cm³/mol. The van der Waals surface area contributed by atoms with Gasteiger partial charge in [0.15, 0.2) is 0 Å². The molecule has 0 unspecified atom stereocenters. The minimum absolute atomic E-state index is 0.557. The lowest BCUT2D eigenvalue weighted by atomic mass is 10.1. The molecule has 0 aliphatic rings. The average Bonchev–Trinajstić information content (AvgIpc) is 3.17. The Morgan fingerprint density at radius 1 is 0.229 bits per heavy atom. The molecule has 0 saturated heterocycles. The van der Waals surface area contributed by atoms with Crippen LogP contribution in [0.5, 0.6) is 0 Å². The largest absolute Gasteiger partial charge is 0.0622 e. The van der Waals surface area contributed by atoms with E-state index in [1.54, 1.807) is 0 Å². The molecule has 0 saturated carbocycles. The molecule has 234 valence electrons. The maximum atomic E-state index is 2.53. The Labute approximate surface area is 289 Å². The van der Waals surface area contributed by atoms with Crippen molar-refractivity contribution in [1.82, 2.24) is 0 Å². The van der Waals surface area contributed by atoms with E-state index in [2.05, 4.69) is 200 Å². The summed E-state index contributed by atoms with van der Waals surface area (Å²) in [5.74, 6) is 0. The third-order valence-corrected chi connectivity index (χ3v) is 16.1. The van der Waals surface area contributed by atoms with Crippen LogP contribution >= 0.6 is 23.8 Å². The zero-order valence-corrected chi connectivity index (χ0v) is 29.7. The lowest BCUT2D eigenvalue weighted by molar-refractivity contribution is 1.26. The topological polar surface area (TPSA) is 0 Å². The van der Waals surface area contributed by atoms with E-state index < -0.39 is 23.8 Å². The van der Waals surface area contributed by atoms with E-state index in [1.807, 2.05) is 0 Å². The van der Waals surface area contributed by atoms with E-state index in [1.165, 1.54) is 48.5 Å². The molecule has 0 aliphatic heterocycles. The smallest absolute Gasteiger partial charge is 0.000764 e. The van der Waals surface area contributed by atoms with Crippen LogP contribution in [0, 0.1) is 0 Å². The summed E-state index contributed by atoms with van der Waals surface area (Å²) >= 11 is 0. The number of hydrogen-bond donors (Lipinski definition) is 0. The number of benzene rings is 7. The summed E-state index contributed by atoms with van der Waals surface area (Å²) in [5, 5.41) is 8.57. The summed E-state index contributed by atoms with van der Waals surface area (Å²) in [6.07, 6.45) is 3.06. The summed E-state index contributed by atoms with van der Waals surface area (Å²) in [5.41, 5.74) is 4.32. The highest BCUT2D eigenvalue weighted by molar-refractivity contribution is 7.73. The van der Waals surface area contributed by atoms with Gasteiger partial charge in [0, 0.05) is 18.5 Å². The van der Waals surface area contributed by atoms with Crippen LogP contribution in [-0.2, 0) is 18.5 Å². The monoisotopic (exact) mass is 672 g/mol. The van der Waals surface area contributed by atoms with E-state index in [-0.39, 0.29) is 0 Å². The Morgan fingerprint density at radius 2 is 0.396 bits per heavy atom. The molecule has 0 aliphatic carbocycles. The van der Waals surface area contributed by atoms with Crippen LogP contribution in [0.4, 0.5) is 0 Å². The molecule has 3 heteroatoms. The van der Waals surface area contributed by atoms with Crippen LogP contribution in [-0.4, -0.2) is 0 Å². The minimum Gasteiger partial charge on any atom is -0.0622 e. The van der Waals surface area contributed by atoms with E-state index in [9.17, 15) is 0 Å². The molecule has 0 fully saturated rings. The van der Waals surface area contributed by atoms with Crippen LogP contribution in [0.2, 0.25) is 0 Å². The van der Waals surface area contributed by atoms with Gasteiger partial charge in [0.1, 0.15) is 0 Å². The van der Waals surface area contributed by atoms with Crippen molar-refractivity contribution in [3.8, 4) is 0 Å². The van der Waals surface area contributed by atoms with Crippen molar-refractivity contribution in [3.05, 3.63) is 217 Å². The molecule has 7 aromatic rings. The van der Waals surface area contributed by atoms with E-state index in [4.69, 9.17) is 0 Å². The molecule has 7 aromatic carbocycles. The Hall–Kier alpha value is -4.17. The normalized spacial score (nSPS) is 11.3. The second-order valence-corrected chi connectivity index (χ2v) is 18.5. The van der Waals surface area contributed by atoms with Gasteiger partial charge >= 0.3 is 0 Å². The number of rotatable bonds is 12. The van der Waals surface area contributed by atoms with Gasteiger partial charge in [0.2, 0.25) is 0 Å². The van der Waals surface area contributed by atoms with Crippen molar-refractivity contribution in [1.29, 1.82) is 0 Å². The van der Waals surface area contributed by atoms with Crippen molar-refractivity contribution in [2.24, 2.45) is 0 Å². The van der Waals surface area contributed by atoms with Crippen molar-refractivity contribution in [3.63, 3.8) is 0 Å². The molecular weight excluding hydrogens is 633 g/mol. The molecule has 0 nitrogen and oxygen atoms in total. The van der Waals surface area contributed by atoms with E-state index in [0.29, 0.717) is 0 Å². The average molecular weight is 673 g/mol. The van der Waals surface area contributed by atoms with Gasteiger partial charge < -0.3 is 0 Å². The summed E-state index contributed by atoms with van der Waals surface area (Å²) in [4.78, 5) is 0. The molecule has 0 amide bonds. The Morgan fingerprint density at radius 3 is 0.562 bits per heavy atom. The third-order valence-electron chi connectivity index (χ3n) is 8.54. The summed E-state index contributed by atoms with van der Waals surface area (Å²) in [6.45, 7) is 0. The van der Waals surface area contributed by atoms with Gasteiger partial charge in [0.25, 0.3) is 0 Å². The van der Waals surface area contributed by atoms with Gasteiger partial charge in [-0.3, -0.25) is 0 Å². The standard InChI is InChI=1S/C45H39P3/c1-7-19-40(20-8-1)46(41-21-9-2-10-22-41)34-37-31-38(35-47(42-23-11-3-12-24-42)43-25-13-4-14-26-43)33-39(32-37)36-48(44-27-15-5-16-28-44)45-29-17-6-18-30-45/h1-33H,34-36H2.